The molecule has 0 bridgehead atoms. The summed E-state index contributed by atoms with van der Waals surface area (Å²) in [6, 6.07) is 0. The number of carbonyl (C=O) groups excluding carboxylic acids is 1. The molecule has 0 unspecified atom stereocenters. The number of aromatic nitrogens is 4. The smallest absolute Gasteiger partial charge is 0.322 e. The van der Waals surface area contributed by atoms with Gasteiger partial charge in [-0.2, -0.15) is 0 Å². The zero-order valence-corrected chi connectivity index (χ0v) is 8.46. The highest BCUT2D eigenvalue weighted by molar-refractivity contribution is 5.82. The van der Waals surface area contributed by atoms with Gasteiger partial charge in [-0.15, -0.1) is 11.7 Å². The zero-order chi connectivity index (χ0) is 12.0. The van der Waals surface area contributed by atoms with Gasteiger partial charge in [0.15, 0.2) is 5.82 Å². The summed E-state index contributed by atoms with van der Waals surface area (Å²) in [5.74, 6) is -1.18. The summed E-state index contributed by atoms with van der Waals surface area (Å²) in [5, 5.41) is 21.3. The van der Waals surface area contributed by atoms with Gasteiger partial charge >= 0.3 is 5.97 Å². The van der Waals surface area contributed by atoms with Crippen molar-refractivity contribution in [3.63, 3.8) is 0 Å². The maximum atomic E-state index is 11.3. The molecule has 1 rings (SSSR count). The van der Waals surface area contributed by atoms with Crippen molar-refractivity contribution in [1.82, 2.24) is 25.5 Å². The second-order valence-electron chi connectivity index (χ2n) is 2.91. The van der Waals surface area contributed by atoms with Gasteiger partial charge in [-0.3, -0.25) is 9.59 Å². The van der Waals surface area contributed by atoms with Gasteiger partial charge in [-0.05, 0) is 10.4 Å². The summed E-state index contributed by atoms with van der Waals surface area (Å²) in [7, 11) is 0. The Kier molecular flexibility index (Phi) is 4.13. The lowest BCUT2D eigenvalue weighted by molar-refractivity contribution is -0.137. The Morgan fingerprint density at radius 1 is 1.56 bits per heavy atom. The highest BCUT2D eigenvalue weighted by Gasteiger charge is 2.11. The molecule has 0 aliphatic rings. The van der Waals surface area contributed by atoms with Crippen LogP contribution in [0.3, 0.4) is 0 Å². The highest BCUT2D eigenvalue weighted by Crippen LogP contribution is 1.93. The summed E-state index contributed by atoms with van der Waals surface area (Å²) in [5.41, 5.74) is 0. The molecule has 0 aliphatic heterocycles. The van der Waals surface area contributed by atoms with E-state index in [2.05, 4.69) is 27.4 Å². The third kappa shape index (κ3) is 3.48. The molecule has 0 saturated carbocycles. The van der Waals surface area contributed by atoms with Gasteiger partial charge in [-0.1, -0.05) is 6.08 Å². The summed E-state index contributed by atoms with van der Waals surface area (Å²) >= 11 is 0. The van der Waals surface area contributed by atoms with E-state index < -0.39 is 18.4 Å². The second kappa shape index (κ2) is 5.59. The molecule has 8 heteroatoms. The molecule has 0 aromatic carbocycles. The highest BCUT2D eigenvalue weighted by atomic mass is 16.4. The summed E-state index contributed by atoms with van der Waals surface area (Å²) < 4.78 is 1.41. The van der Waals surface area contributed by atoms with Gasteiger partial charge in [0.2, 0.25) is 5.91 Å². The van der Waals surface area contributed by atoms with Crippen molar-refractivity contribution in [2.45, 2.75) is 13.0 Å². The number of tetrazole rings is 1. The molecular formula is C8H11N5O3. The number of nitrogens with one attached hydrogen (secondary N) is 1. The minimum absolute atomic E-state index is 0.0614. The Balaban J connectivity index is 2.52. The Hall–Kier alpha value is -2.25. The van der Waals surface area contributed by atoms with Crippen molar-refractivity contribution >= 4 is 11.9 Å². The molecule has 86 valence electrons. The zero-order valence-electron chi connectivity index (χ0n) is 8.46. The normalized spacial score (nSPS) is 9.75. The van der Waals surface area contributed by atoms with Crippen LogP contribution in [0.15, 0.2) is 12.7 Å². The number of hydrogen-bond acceptors (Lipinski definition) is 5. The number of amides is 1. The Morgan fingerprint density at radius 2 is 2.31 bits per heavy atom. The fourth-order valence-electron chi connectivity index (χ4n) is 0.994. The van der Waals surface area contributed by atoms with Crippen LogP contribution in [-0.4, -0.2) is 43.7 Å². The standard InChI is InChI=1S/C8H11N5O3/c1-2-3-13-6(10-11-12-13)4-7(14)9-5-8(15)16/h2H,1,3-5H2,(H,9,14)(H,15,16). The predicted octanol–water partition coefficient (Wildman–Crippen LogP) is -1.40. The SMILES string of the molecule is C=CCn1nnnc1CC(=O)NCC(=O)O. The number of hydrogen-bond donors (Lipinski definition) is 2. The average molecular weight is 225 g/mol. The van der Waals surface area contributed by atoms with E-state index in [1.54, 1.807) is 6.08 Å². The van der Waals surface area contributed by atoms with Crippen LogP contribution in [0.2, 0.25) is 0 Å². The van der Waals surface area contributed by atoms with Crippen LogP contribution in [0.1, 0.15) is 5.82 Å². The summed E-state index contributed by atoms with van der Waals surface area (Å²) in [4.78, 5) is 21.5. The summed E-state index contributed by atoms with van der Waals surface area (Å²) in [6.45, 7) is 3.50. The van der Waals surface area contributed by atoms with Gasteiger partial charge in [0.05, 0.1) is 13.0 Å². The van der Waals surface area contributed by atoms with Crippen LogP contribution in [0.4, 0.5) is 0 Å². The number of aliphatic carboxylic acids is 1. The van der Waals surface area contributed by atoms with Crippen LogP contribution in [-0.2, 0) is 22.6 Å². The van der Waals surface area contributed by atoms with E-state index in [0.717, 1.165) is 0 Å². The first-order chi connectivity index (χ1) is 7.63. The van der Waals surface area contributed by atoms with Crippen LogP contribution >= 0.6 is 0 Å². The third-order valence-corrected chi connectivity index (χ3v) is 1.66. The third-order valence-electron chi connectivity index (χ3n) is 1.66. The van der Waals surface area contributed by atoms with E-state index in [4.69, 9.17) is 5.11 Å². The Labute approximate surface area is 90.9 Å². The van der Waals surface area contributed by atoms with Crippen LogP contribution < -0.4 is 5.32 Å². The van der Waals surface area contributed by atoms with Crippen molar-refractivity contribution < 1.29 is 14.7 Å². The second-order valence-corrected chi connectivity index (χ2v) is 2.91. The number of carboxylic acids is 1. The van der Waals surface area contributed by atoms with E-state index in [-0.39, 0.29) is 6.42 Å². The fraction of sp³-hybridized carbons (Fsp3) is 0.375. The van der Waals surface area contributed by atoms with Gasteiger partial charge in [0.1, 0.15) is 6.54 Å². The first kappa shape index (κ1) is 11.8. The Morgan fingerprint density at radius 3 is 2.94 bits per heavy atom. The molecule has 0 saturated heterocycles. The van der Waals surface area contributed by atoms with Crippen LogP contribution in [0.25, 0.3) is 0 Å². The van der Waals surface area contributed by atoms with Gasteiger partial charge in [-0.25, -0.2) is 4.68 Å². The number of rotatable bonds is 6. The van der Waals surface area contributed by atoms with E-state index in [9.17, 15) is 9.59 Å². The Bertz CT molecular complexity index is 400. The van der Waals surface area contributed by atoms with E-state index in [0.29, 0.717) is 12.4 Å². The maximum absolute atomic E-state index is 11.3. The predicted molar refractivity (Wildman–Crippen MR) is 52.4 cm³/mol. The molecule has 0 aliphatic carbocycles. The number of allylic oxidation sites excluding steroid dienone is 1. The first-order valence-corrected chi connectivity index (χ1v) is 4.48. The van der Waals surface area contributed by atoms with E-state index in [1.165, 1.54) is 4.68 Å². The van der Waals surface area contributed by atoms with Crippen molar-refractivity contribution in [3.8, 4) is 0 Å². The molecule has 0 fully saturated rings. The van der Waals surface area contributed by atoms with Gasteiger partial charge in [0.25, 0.3) is 0 Å². The largest absolute Gasteiger partial charge is 0.480 e. The first-order valence-electron chi connectivity index (χ1n) is 4.48. The molecule has 1 heterocycles. The molecule has 1 aromatic rings. The van der Waals surface area contributed by atoms with Gasteiger partial charge < -0.3 is 10.4 Å². The fourth-order valence-corrected chi connectivity index (χ4v) is 0.994. The average Bonchev–Trinajstić information content (AvgIpc) is 2.63. The van der Waals surface area contributed by atoms with Gasteiger partial charge in [0, 0.05) is 0 Å². The number of carboxylic acid groups (broad SMARTS) is 1. The number of nitrogens with zero attached hydrogens (tertiary/aromatic N) is 4. The minimum Gasteiger partial charge on any atom is -0.480 e. The van der Waals surface area contributed by atoms with Crippen molar-refractivity contribution in [2.24, 2.45) is 0 Å². The molecule has 0 atom stereocenters. The molecule has 16 heavy (non-hydrogen) atoms. The lowest BCUT2D eigenvalue weighted by Crippen LogP contribution is -2.31. The van der Waals surface area contributed by atoms with Crippen molar-refractivity contribution in [1.29, 1.82) is 0 Å². The summed E-state index contributed by atoms with van der Waals surface area (Å²) in [6.07, 6.45) is 1.53. The molecule has 1 amide bonds. The molecule has 2 N–H and O–H groups in total. The minimum atomic E-state index is -1.10. The van der Waals surface area contributed by atoms with E-state index in [1.807, 2.05) is 0 Å². The van der Waals surface area contributed by atoms with Crippen molar-refractivity contribution in [3.05, 3.63) is 18.5 Å². The molecule has 0 radical (unpaired) electrons. The molecule has 0 spiro atoms. The molecule has 1 aromatic heterocycles. The molecular weight excluding hydrogens is 214 g/mol. The lowest BCUT2D eigenvalue weighted by atomic mass is 10.3. The van der Waals surface area contributed by atoms with E-state index >= 15 is 0 Å². The number of carbonyl (C=O) groups is 2. The lowest BCUT2D eigenvalue weighted by Gasteiger charge is -2.02. The van der Waals surface area contributed by atoms with Crippen molar-refractivity contribution in [2.75, 3.05) is 6.54 Å². The topological polar surface area (TPSA) is 110 Å². The molecule has 8 nitrogen and oxygen atoms in total. The maximum Gasteiger partial charge on any atom is 0.322 e. The van der Waals surface area contributed by atoms with Crippen LogP contribution in [0.5, 0.6) is 0 Å². The van der Waals surface area contributed by atoms with Crippen LogP contribution in [0, 0.1) is 0 Å². The monoisotopic (exact) mass is 225 g/mol. The quantitative estimate of drug-likeness (QED) is 0.576.